The topological polar surface area (TPSA) is 96.4 Å². The molecule has 1 atom stereocenters. The van der Waals surface area contributed by atoms with Crippen molar-refractivity contribution in [3.8, 4) is 11.8 Å². The number of carbonyl (C=O) groups is 1. The molecule has 0 bridgehead atoms. The predicted molar refractivity (Wildman–Crippen MR) is 130 cm³/mol. The summed E-state index contributed by atoms with van der Waals surface area (Å²) < 4.78 is 1.88. The van der Waals surface area contributed by atoms with Gasteiger partial charge in [0.2, 0.25) is 5.95 Å². The normalized spacial score (nSPS) is 14.2. The molecule has 3 heterocycles. The lowest BCUT2D eigenvalue weighted by Gasteiger charge is -2.33. The Morgan fingerprint density at radius 3 is 2.73 bits per heavy atom. The second-order valence-electron chi connectivity index (χ2n) is 8.54. The van der Waals surface area contributed by atoms with Gasteiger partial charge in [0.25, 0.3) is 5.91 Å². The molecule has 1 aliphatic rings. The van der Waals surface area contributed by atoms with Crippen LogP contribution >= 0.6 is 0 Å². The molecule has 1 amide bonds. The molecule has 0 fully saturated rings. The van der Waals surface area contributed by atoms with Crippen LogP contribution in [-0.2, 0) is 13.1 Å². The zero-order valence-corrected chi connectivity index (χ0v) is 19.8. The van der Waals surface area contributed by atoms with Gasteiger partial charge in [0.15, 0.2) is 11.5 Å². The van der Waals surface area contributed by atoms with Gasteiger partial charge in [-0.3, -0.25) is 9.36 Å². The number of imidazole rings is 1. The quantitative estimate of drug-likeness (QED) is 0.579. The van der Waals surface area contributed by atoms with Crippen molar-refractivity contribution in [3.63, 3.8) is 0 Å². The number of hydrogen-bond acceptors (Lipinski definition) is 7. The minimum atomic E-state index is -0.108. The van der Waals surface area contributed by atoms with E-state index in [0.29, 0.717) is 49.6 Å². The smallest absolute Gasteiger partial charge is 0.276 e. The van der Waals surface area contributed by atoms with Gasteiger partial charge in [0.05, 0.1) is 25.3 Å². The van der Waals surface area contributed by atoms with Crippen LogP contribution < -0.4 is 15.5 Å². The molecule has 0 saturated carbocycles. The molecule has 0 radical (unpaired) electrons. The van der Waals surface area contributed by atoms with Crippen LogP contribution in [0.5, 0.6) is 0 Å². The number of amides is 1. The van der Waals surface area contributed by atoms with Crippen LogP contribution in [0.15, 0.2) is 24.3 Å². The summed E-state index contributed by atoms with van der Waals surface area (Å²) in [6, 6.07) is 7.87. The van der Waals surface area contributed by atoms with Crippen molar-refractivity contribution >= 4 is 28.6 Å². The first-order valence-electron chi connectivity index (χ1n) is 11.0. The van der Waals surface area contributed by atoms with Crippen LogP contribution in [0.25, 0.3) is 10.9 Å². The predicted octanol–water partition coefficient (Wildman–Crippen LogP) is 1.99. The van der Waals surface area contributed by atoms with Crippen molar-refractivity contribution in [2.45, 2.75) is 39.9 Å². The van der Waals surface area contributed by atoms with E-state index in [1.807, 2.05) is 66.6 Å². The van der Waals surface area contributed by atoms with Gasteiger partial charge >= 0.3 is 0 Å². The van der Waals surface area contributed by atoms with Gasteiger partial charge in [-0.25, -0.2) is 9.97 Å². The van der Waals surface area contributed by atoms with E-state index in [0.717, 1.165) is 16.6 Å². The summed E-state index contributed by atoms with van der Waals surface area (Å²) in [5.41, 5.74) is 8.31. The van der Waals surface area contributed by atoms with Gasteiger partial charge in [-0.05, 0) is 26.8 Å². The van der Waals surface area contributed by atoms with E-state index >= 15 is 0 Å². The van der Waals surface area contributed by atoms with Gasteiger partial charge in [-0.2, -0.15) is 4.98 Å². The number of likely N-dealkylation sites (N-methyl/N-ethyl adjacent to an activating group) is 1. The Labute approximate surface area is 194 Å². The number of carbonyl (C=O) groups excluding carboxylic acids is 1. The van der Waals surface area contributed by atoms with Crippen molar-refractivity contribution in [1.82, 2.24) is 24.4 Å². The largest absolute Gasteiger partial charge is 0.344 e. The number of para-hydroxylation sites is 1. The minimum absolute atomic E-state index is 0.0346. The van der Waals surface area contributed by atoms with Crippen molar-refractivity contribution in [1.29, 1.82) is 0 Å². The maximum Gasteiger partial charge on any atom is 0.276 e. The van der Waals surface area contributed by atoms with Crippen LogP contribution in [0.2, 0.25) is 0 Å². The van der Waals surface area contributed by atoms with Crippen molar-refractivity contribution in [2.24, 2.45) is 5.73 Å². The van der Waals surface area contributed by atoms with E-state index in [1.165, 1.54) is 0 Å². The van der Waals surface area contributed by atoms with Gasteiger partial charge in [-0.1, -0.05) is 24.1 Å². The Hall–Kier alpha value is -3.64. The van der Waals surface area contributed by atoms with E-state index in [2.05, 4.69) is 16.8 Å². The number of aromatic nitrogens is 4. The third-order valence-electron chi connectivity index (χ3n) is 5.65. The number of nitrogens with two attached hydrogens (primary N) is 1. The minimum Gasteiger partial charge on any atom is -0.344 e. The molecule has 0 spiro atoms. The number of anilines is 2. The van der Waals surface area contributed by atoms with Crippen LogP contribution in [-0.4, -0.2) is 63.7 Å². The number of rotatable bonds is 6. The maximum absolute atomic E-state index is 13.6. The highest BCUT2D eigenvalue weighted by molar-refractivity contribution is 6.00. The molecule has 1 unspecified atom stereocenters. The molecule has 9 nitrogen and oxygen atoms in total. The fourth-order valence-electron chi connectivity index (χ4n) is 4.21. The molecule has 4 rings (SSSR count). The summed E-state index contributed by atoms with van der Waals surface area (Å²) in [5, 5.41) is 1.02. The maximum atomic E-state index is 13.6. The van der Waals surface area contributed by atoms with Crippen LogP contribution in [0.1, 0.15) is 35.9 Å². The molecule has 9 heteroatoms. The van der Waals surface area contributed by atoms with Crippen molar-refractivity contribution in [3.05, 3.63) is 41.5 Å². The highest BCUT2D eigenvalue weighted by Crippen LogP contribution is 2.31. The standard InChI is InChI=1S/C24H30N8O/c1-6-7-12-32-21-22(28-24(32)29(4)13-16(2)25)30(5)15-31(23(21)33)14-20-26-17(3)18-10-8-9-11-19(18)27-20/h8-11,16H,12-15,25H2,1-5H3. The van der Waals surface area contributed by atoms with Crippen molar-refractivity contribution in [2.75, 3.05) is 37.1 Å². The molecule has 33 heavy (non-hydrogen) atoms. The zero-order chi connectivity index (χ0) is 23.7. The molecule has 0 aliphatic carbocycles. The summed E-state index contributed by atoms with van der Waals surface area (Å²) in [6.07, 6.45) is 0. The summed E-state index contributed by atoms with van der Waals surface area (Å²) in [7, 11) is 3.86. The number of fused-ring (bicyclic) bond motifs is 2. The first-order chi connectivity index (χ1) is 15.8. The monoisotopic (exact) mass is 446 g/mol. The van der Waals surface area contributed by atoms with Gasteiger partial charge in [0, 0.05) is 37.8 Å². The summed E-state index contributed by atoms with van der Waals surface area (Å²) in [6.45, 7) is 7.39. The van der Waals surface area contributed by atoms with E-state index in [1.54, 1.807) is 11.8 Å². The number of nitrogens with zero attached hydrogens (tertiary/aromatic N) is 7. The summed E-state index contributed by atoms with van der Waals surface area (Å²) >= 11 is 0. The van der Waals surface area contributed by atoms with Crippen LogP contribution in [0, 0.1) is 18.8 Å². The lowest BCUT2D eigenvalue weighted by atomic mass is 10.2. The lowest BCUT2D eigenvalue weighted by molar-refractivity contribution is 0.0716. The summed E-state index contributed by atoms with van der Waals surface area (Å²) in [4.78, 5) is 33.5. The number of aryl methyl sites for hydroxylation is 1. The highest BCUT2D eigenvalue weighted by atomic mass is 16.2. The second kappa shape index (κ2) is 9.08. The van der Waals surface area contributed by atoms with Gasteiger partial charge < -0.3 is 20.4 Å². The van der Waals surface area contributed by atoms with Gasteiger partial charge in [0.1, 0.15) is 5.82 Å². The molecule has 2 N–H and O–H groups in total. The molecule has 172 valence electrons. The molecule has 2 aromatic heterocycles. The first-order valence-corrected chi connectivity index (χ1v) is 11.0. The Morgan fingerprint density at radius 2 is 2.00 bits per heavy atom. The first kappa shape index (κ1) is 22.6. The van der Waals surface area contributed by atoms with E-state index in [9.17, 15) is 4.79 Å². The second-order valence-corrected chi connectivity index (χ2v) is 8.54. The third kappa shape index (κ3) is 4.34. The third-order valence-corrected chi connectivity index (χ3v) is 5.65. The lowest BCUT2D eigenvalue weighted by Crippen LogP contribution is -2.45. The Bertz CT molecular complexity index is 1250. The molecule has 0 saturated heterocycles. The van der Waals surface area contributed by atoms with Crippen LogP contribution in [0.4, 0.5) is 11.8 Å². The Morgan fingerprint density at radius 1 is 1.24 bits per heavy atom. The Kier molecular flexibility index (Phi) is 6.20. The Balaban J connectivity index is 1.71. The fraction of sp³-hybridized carbons (Fsp3) is 0.417. The van der Waals surface area contributed by atoms with Crippen LogP contribution in [0.3, 0.4) is 0 Å². The average Bonchev–Trinajstić information content (AvgIpc) is 3.16. The molecule has 1 aliphatic heterocycles. The van der Waals surface area contributed by atoms with Gasteiger partial charge in [-0.15, -0.1) is 5.92 Å². The number of benzene rings is 1. The van der Waals surface area contributed by atoms with E-state index in [-0.39, 0.29) is 11.9 Å². The highest BCUT2D eigenvalue weighted by Gasteiger charge is 2.35. The van der Waals surface area contributed by atoms with E-state index < -0.39 is 0 Å². The molecular weight excluding hydrogens is 416 g/mol. The van der Waals surface area contributed by atoms with E-state index in [4.69, 9.17) is 15.7 Å². The SMILES string of the molecule is CC#CCn1c(N(C)CC(C)N)nc2c1C(=O)N(Cc1nc(C)c3ccccc3n1)CN2C. The zero-order valence-electron chi connectivity index (χ0n) is 19.8. The number of hydrogen-bond donors (Lipinski definition) is 1. The summed E-state index contributed by atoms with van der Waals surface area (Å²) in [5.74, 6) is 7.84. The molecular formula is C24H30N8O. The molecule has 1 aromatic carbocycles. The average molecular weight is 447 g/mol. The van der Waals surface area contributed by atoms with Crippen molar-refractivity contribution < 1.29 is 4.79 Å². The fourth-order valence-corrected chi connectivity index (χ4v) is 4.21. The molecule has 3 aromatic rings.